The molecule has 0 aromatic carbocycles. The molecule has 62 heavy (non-hydrogen) atoms. The summed E-state index contributed by atoms with van der Waals surface area (Å²) in [4.78, 5) is 22.6. The molecule has 8 nitrogen and oxygen atoms in total. The van der Waals surface area contributed by atoms with Gasteiger partial charge < -0.3 is 20.1 Å². The Hall–Kier alpha value is -1.02. The molecule has 0 radical (unpaired) electrons. The van der Waals surface area contributed by atoms with Gasteiger partial charge >= 0.3 is 13.8 Å². The van der Waals surface area contributed by atoms with E-state index in [1.807, 2.05) is 0 Å². The van der Waals surface area contributed by atoms with Gasteiger partial charge in [-0.25, -0.2) is 4.57 Å². The number of hydrogen-bond acceptors (Lipinski definition) is 7. The van der Waals surface area contributed by atoms with Crippen LogP contribution < -0.4 is 5.73 Å². The van der Waals surface area contributed by atoms with Crippen LogP contribution in [0.25, 0.3) is 0 Å². The van der Waals surface area contributed by atoms with Crippen molar-refractivity contribution in [1.29, 1.82) is 0 Å². The number of esters is 1. The maximum atomic E-state index is 12.6. The van der Waals surface area contributed by atoms with Gasteiger partial charge in [0.15, 0.2) is 0 Å². The molecular formula is C53H104NO7P. The van der Waals surface area contributed by atoms with Gasteiger partial charge in [-0.15, -0.1) is 0 Å². The normalized spacial score (nSPS) is 13.4. The number of carbonyl (C=O) groups excluding carboxylic acids is 1. The summed E-state index contributed by atoms with van der Waals surface area (Å²) in [7, 11) is -4.28. The molecule has 0 spiro atoms. The fourth-order valence-corrected chi connectivity index (χ4v) is 8.64. The molecule has 3 N–H and O–H groups in total. The highest BCUT2D eigenvalue weighted by molar-refractivity contribution is 7.47. The summed E-state index contributed by atoms with van der Waals surface area (Å²) < 4.78 is 33.6. The van der Waals surface area contributed by atoms with Crippen molar-refractivity contribution in [2.75, 3.05) is 33.0 Å². The van der Waals surface area contributed by atoms with Gasteiger partial charge in [-0.3, -0.25) is 13.8 Å². The number of carbonyl (C=O) groups is 1. The van der Waals surface area contributed by atoms with E-state index >= 15 is 0 Å². The number of hydrogen-bond donors (Lipinski definition) is 2. The lowest BCUT2D eigenvalue weighted by Gasteiger charge is -2.20. The van der Waals surface area contributed by atoms with E-state index in [1.165, 1.54) is 218 Å². The molecule has 0 rings (SSSR count). The van der Waals surface area contributed by atoms with Gasteiger partial charge in [-0.2, -0.15) is 0 Å². The number of rotatable bonds is 52. The Morgan fingerprint density at radius 1 is 0.468 bits per heavy atom. The molecule has 0 bridgehead atoms. The minimum Gasteiger partial charge on any atom is -0.457 e. The second-order valence-corrected chi connectivity index (χ2v) is 19.5. The molecule has 368 valence electrons. The molecule has 0 fully saturated rings. The number of unbranched alkanes of at least 4 members (excludes halogenated alkanes) is 35. The number of allylic oxidation sites excluding steroid dienone is 4. The van der Waals surface area contributed by atoms with Gasteiger partial charge in [0.1, 0.15) is 6.10 Å². The Kier molecular flexibility index (Phi) is 50.1. The highest BCUT2D eigenvalue weighted by Crippen LogP contribution is 2.43. The molecule has 0 saturated carbocycles. The number of phosphoric ester groups is 1. The van der Waals surface area contributed by atoms with Crippen molar-refractivity contribution in [1.82, 2.24) is 0 Å². The van der Waals surface area contributed by atoms with E-state index in [4.69, 9.17) is 24.3 Å². The zero-order valence-electron chi connectivity index (χ0n) is 41.1. The third kappa shape index (κ3) is 50.0. The SMILES string of the molecule is CCCCCCCC/C=C\CCCCCCCCCC(=O)OC(COCCCCCCCCCCCCCCCC/C=C\CCCCCCCCCC)COP(=O)(O)OCCN. The van der Waals surface area contributed by atoms with Gasteiger partial charge in [0.25, 0.3) is 0 Å². The van der Waals surface area contributed by atoms with Crippen LogP contribution in [0.2, 0.25) is 0 Å². The molecule has 2 atom stereocenters. The average Bonchev–Trinajstić information content (AvgIpc) is 3.26. The molecule has 2 unspecified atom stereocenters. The van der Waals surface area contributed by atoms with Gasteiger partial charge in [-0.05, 0) is 64.2 Å². The Balaban J connectivity index is 3.86. The lowest BCUT2D eigenvalue weighted by Crippen LogP contribution is -2.28. The van der Waals surface area contributed by atoms with E-state index in [0.29, 0.717) is 13.0 Å². The van der Waals surface area contributed by atoms with Crippen molar-refractivity contribution < 1.29 is 32.8 Å². The van der Waals surface area contributed by atoms with Crippen LogP contribution in [0.1, 0.15) is 271 Å². The summed E-state index contributed by atoms with van der Waals surface area (Å²) >= 11 is 0. The summed E-state index contributed by atoms with van der Waals surface area (Å²) in [5, 5.41) is 0. The number of nitrogens with two attached hydrogens (primary N) is 1. The molecule has 0 aliphatic carbocycles. The second-order valence-electron chi connectivity index (χ2n) is 18.1. The quantitative estimate of drug-likeness (QED) is 0.0268. The van der Waals surface area contributed by atoms with Crippen molar-refractivity contribution in [2.45, 2.75) is 277 Å². The molecule has 0 aromatic heterocycles. The van der Waals surface area contributed by atoms with Gasteiger partial charge in [0, 0.05) is 19.6 Å². The topological polar surface area (TPSA) is 117 Å². The molecule has 0 aliphatic heterocycles. The maximum Gasteiger partial charge on any atom is 0.472 e. The zero-order valence-corrected chi connectivity index (χ0v) is 42.0. The van der Waals surface area contributed by atoms with E-state index in [9.17, 15) is 14.3 Å². The Labute approximate surface area is 385 Å². The van der Waals surface area contributed by atoms with Gasteiger partial charge in [0.2, 0.25) is 0 Å². The molecule has 0 saturated heterocycles. The molecule has 9 heteroatoms. The van der Waals surface area contributed by atoms with Crippen LogP contribution in [0.15, 0.2) is 24.3 Å². The van der Waals surface area contributed by atoms with Gasteiger partial charge in [-0.1, -0.05) is 224 Å². The number of ether oxygens (including phenoxy) is 2. The first-order chi connectivity index (χ1) is 30.4. The maximum absolute atomic E-state index is 12.6. The van der Waals surface area contributed by atoms with E-state index < -0.39 is 13.9 Å². The first kappa shape index (κ1) is 61.0. The first-order valence-corrected chi connectivity index (χ1v) is 28.3. The van der Waals surface area contributed by atoms with Crippen LogP contribution >= 0.6 is 7.82 Å². The van der Waals surface area contributed by atoms with Gasteiger partial charge in [0.05, 0.1) is 19.8 Å². The minimum atomic E-state index is -4.28. The summed E-state index contributed by atoms with van der Waals surface area (Å²) in [6.07, 6.45) is 59.4. The minimum absolute atomic E-state index is 0.0941. The van der Waals surface area contributed by atoms with Crippen molar-refractivity contribution in [3.05, 3.63) is 24.3 Å². The van der Waals surface area contributed by atoms with Crippen molar-refractivity contribution in [2.24, 2.45) is 5.73 Å². The molecule has 0 heterocycles. The predicted molar refractivity (Wildman–Crippen MR) is 266 cm³/mol. The van der Waals surface area contributed by atoms with E-state index in [1.54, 1.807) is 0 Å². The third-order valence-electron chi connectivity index (χ3n) is 11.8. The van der Waals surface area contributed by atoms with Crippen LogP contribution in [-0.2, 0) is 27.9 Å². The van der Waals surface area contributed by atoms with Crippen LogP contribution in [0, 0.1) is 0 Å². The largest absolute Gasteiger partial charge is 0.472 e. The fourth-order valence-electron chi connectivity index (χ4n) is 7.87. The average molecular weight is 898 g/mol. The summed E-state index contributed by atoms with van der Waals surface area (Å²) in [6, 6.07) is 0. The number of phosphoric acid groups is 1. The van der Waals surface area contributed by atoms with Crippen molar-refractivity contribution in [3.8, 4) is 0 Å². The zero-order chi connectivity index (χ0) is 45.1. The van der Waals surface area contributed by atoms with Crippen LogP contribution in [-0.4, -0.2) is 49.9 Å². The Morgan fingerprint density at radius 3 is 1.18 bits per heavy atom. The standard InChI is InChI=1S/C53H104NO7P/c1-3-5-7-9-11-13-15-17-19-21-22-23-24-25-26-27-28-29-31-33-35-37-39-41-43-45-48-58-50-52(51-60-62(56,57)59-49-47-54)61-53(55)46-44-42-40-38-36-34-32-30-20-18-16-14-12-10-8-6-4-2/h18,20-22,52H,3-17,19,23-51,54H2,1-2H3,(H,56,57)/b20-18-,22-21-. The molecule has 0 amide bonds. The van der Waals surface area contributed by atoms with Crippen LogP contribution in [0.4, 0.5) is 0 Å². The fraction of sp³-hybridized carbons (Fsp3) is 0.906. The lowest BCUT2D eigenvalue weighted by molar-refractivity contribution is -0.154. The predicted octanol–water partition coefficient (Wildman–Crippen LogP) is 16.8. The molecular weight excluding hydrogens is 794 g/mol. The third-order valence-corrected chi connectivity index (χ3v) is 12.8. The second kappa shape index (κ2) is 51.0. The van der Waals surface area contributed by atoms with Crippen LogP contribution in [0.5, 0.6) is 0 Å². The Morgan fingerprint density at radius 2 is 0.806 bits per heavy atom. The Bertz CT molecular complexity index is 1010. The van der Waals surface area contributed by atoms with E-state index in [-0.39, 0.29) is 32.3 Å². The first-order valence-electron chi connectivity index (χ1n) is 26.8. The monoisotopic (exact) mass is 898 g/mol. The van der Waals surface area contributed by atoms with Crippen molar-refractivity contribution in [3.63, 3.8) is 0 Å². The molecule has 0 aromatic rings. The van der Waals surface area contributed by atoms with E-state index in [2.05, 4.69) is 38.2 Å². The highest BCUT2D eigenvalue weighted by atomic mass is 31.2. The lowest BCUT2D eigenvalue weighted by atomic mass is 10.0. The summed E-state index contributed by atoms with van der Waals surface area (Å²) in [6.45, 7) is 4.97. The highest BCUT2D eigenvalue weighted by Gasteiger charge is 2.25. The van der Waals surface area contributed by atoms with Crippen molar-refractivity contribution >= 4 is 13.8 Å². The summed E-state index contributed by atoms with van der Waals surface area (Å²) in [5.41, 5.74) is 5.39. The molecule has 0 aliphatic rings. The van der Waals surface area contributed by atoms with E-state index in [0.717, 1.165) is 32.1 Å². The van der Waals surface area contributed by atoms with Crippen LogP contribution in [0.3, 0.4) is 0 Å². The summed E-state index contributed by atoms with van der Waals surface area (Å²) in [5.74, 6) is -0.330. The smallest absolute Gasteiger partial charge is 0.457 e.